The number of nitrogens with zero attached hydrogens (tertiary/aromatic N) is 4. The molecule has 9 nitrogen and oxygen atoms in total. The van der Waals surface area contributed by atoms with Crippen LogP contribution < -0.4 is 15.0 Å². The molecule has 154 valence electrons. The number of amides is 3. The lowest BCUT2D eigenvalue weighted by atomic mass is 10.1. The van der Waals surface area contributed by atoms with Gasteiger partial charge in [-0.3, -0.25) is 19.4 Å². The highest BCUT2D eigenvalue weighted by atomic mass is 19.1. The molecule has 0 bridgehead atoms. The molecule has 1 N–H and O–H groups in total. The zero-order chi connectivity index (χ0) is 21.3. The molecule has 2 aliphatic rings. The SMILES string of the molecule is CCOc1ccccc1NC(=O)CN1N=N[C@@H]2C(=O)N(c3ccc(F)cc3)C(=O)[C@@H]21. The van der Waals surface area contributed by atoms with Gasteiger partial charge in [-0.1, -0.05) is 17.4 Å². The molecule has 30 heavy (non-hydrogen) atoms. The van der Waals surface area contributed by atoms with Crippen LogP contribution in [0.1, 0.15) is 6.92 Å². The summed E-state index contributed by atoms with van der Waals surface area (Å²) < 4.78 is 18.7. The van der Waals surface area contributed by atoms with Gasteiger partial charge in [-0.15, -0.1) is 0 Å². The molecule has 0 radical (unpaired) electrons. The van der Waals surface area contributed by atoms with Gasteiger partial charge in [0.25, 0.3) is 11.8 Å². The number of halogens is 1. The summed E-state index contributed by atoms with van der Waals surface area (Å²) in [4.78, 5) is 39.0. The van der Waals surface area contributed by atoms with Crippen LogP contribution in [0.3, 0.4) is 0 Å². The first-order chi connectivity index (χ1) is 14.5. The second-order valence-corrected chi connectivity index (χ2v) is 6.66. The Bertz CT molecular complexity index is 1030. The van der Waals surface area contributed by atoms with E-state index in [1.54, 1.807) is 24.3 Å². The van der Waals surface area contributed by atoms with Gasteiger partial charge >= 0.3 is 0 Å². The minimum Gasteiger partial charge on any atom is -0.492 e. The lowest BCUT2D eigenvalue weighted by molar-refractivity contribution is -0.123. The quantitative estimate of drug-likeness (QED) is 0.734. The summed E-state index contributed by atoms with van der Waals surface area (Å²) in [5.41, 5.74) is 0.727. The van der Waals surface area contributed by atoms with Crippen molar-refractivity contribution in [2.75, 3.05) is 23.4 Å². The first-order valence-corrected chi connectivity index (χ1v) is 9.32. The first-order valence-electron chi connectivity index (χ1n) is 9.32. The van der Waals surface area contributed by atoms with Gasteiger partial charge < -0.3 is 10.1 Å². The number of anilines is 2. The van der Waals surface area contributed by atoms with Crippen molar-refractivity contribution in [1.82, 2.24) is 5.01 Å². The minimum atomic E-state index is -1.04. The third-order valence-corrected chi connectivity index (χ3v) is 4.71. The fraction of sp³-hybridized carbons (Fsp3) is 0.250. The van der Waals surface area contributed by atoms with Crippen LogP contribution in [0.4, 0.5) is 15.8 Å². The Morgan fingerprint density at radius 2 is 1.87 bits per heavy atom. The summed E-state index contributed by atoms with van der Waals surface area (Å²) in [5.74, 6) is -1.54. The number of benzene rings is 2. The lowest BCUT2D eigenvalue weighted by Gasteiger charge is -2.20. The molecule has 0 spiro atoms. The normalized spacial score (nSPS) is 19.9. The van der Waals surface area contributed by atoms with Crippen LogP contribution in [-0.4, -0.2) is 48.0 Å². The third-order valence-electron chi connectivity index (χ3n) is 4.71. The number of ether oxygens (including phenoxy) is 1. The smallest absolute Gasteiger partial charge is 0.263 e. The fourth-order valence-electron chi connectivity index (χ4n) is 3.39. The van der Waals surface area contributed by atoms with Crippen LogP contribution in [0.15, 0.2) is 58.9 Å². The molecule has 2 aliphatic heterocycles. The van der Waals surface area contributed by atoms with Crippen molar-refractivity contribution < 1.29 is 23.5 Å². The van der Waals surface area contributed by atoms with E-state index in [9.17, 15) is 18.8 Å². The van der Waals surface area contributed by atoms with Crippen LogP contribution in [0.2, 0.25) is 0 Å². The van der Waals surface area contributed by atoms with E-state index < -0.39 is 35.6 Å². The van der Waals surface area contributed by atoms with Gasteiger partial charge in [0.1, 0.15) is 18.1 Å². The number of carbonyl (C=O) groups excluding carboxylic acids is 3. The summed E-state index contributed by atoms with van der Waals surface area (Å²) in [5, 5.41) is 11.6. The second kappa shape index (κ2) is 7.90. The average Bonchev–Trinajstić information content (AvgIpc) is 3.24. The summed E-state index contributed by atoms with van der Waals surface area (Å²) in [6.07, 6.45) is 0. The fourth-order valence-corrected chi connectivity index (χ4v) is 3.39. The number of carbonyl (C=O) groups is 3. The summed E-state index contributed by atoms with van der Waals surface area (Å²) >= 11 is 0. The molecule has 2 heterocycles. The standard InChI is InChI=1S/C20H18FN5O4/c1-2-30-15-6-4-3-5-14(15)22-16(27)11-25-18-17(23-24-25)19(28)26(20(18)29)13-9-7-12(21)8-10-13/h3-10,17-18H,2,11H2,1H3,(H,22,27)/t17-,18+/m0/s1. The van der Waals surface area contributed by atoms with Crippen molar-refractivity contribution in [2.45, 2.75) is 19.0 Å². The molecule has 0 aromatic heterocycles. The summed E-state index contributed by atoms with van der Waals surface area (Å²) in [6.45, 7) is 1.99. The average molecular weight is 411 g/mol. The van der Waals surface area contributed by atoms with Gasteiger partial charge in [-0.05, 0) is 43.3 Å². The van der Waals surface area contributed by atoms with Gasteiger partial charge in [-0.2, -0.15) is 5.11 Å². The molecule has 0 saturated carbocycles. The molecule has 1 fully saturated rings. The predicted octanol–water partition coefficient (Wildman–Crippen LogP) is 2.16. The molecule has 2 aromatic carbocycles. The van der Waals surface area contributed by atoms with E-state index in [1.165, 1.54) is 17.1 Å². The molecule has 0 aliphatic carbocycles. The Kier molecular flexibility index (Phi) is 5.13. The van der Waals surface area contributed by atoms with Crippen LogP contribution in [0.5, 0.6) is 5.75 Å². The van der Waals surface area contributed by atoms with Crippen LogP contribution in [0.25, 0.3) is 0 Å². The van der Waals surface area contributed by atoms with E-state index in [2.05, 4.69) is 15.7 Å². The van der Waals surface area contributed by atoms with Crippen molar-refractivity contribution >= 4 is 29.1 Å². The van der Waals surface area contributed by atoms with Gasteiger partial charge in [0.15, 0.2) is 12.1 Å². The molecular formula is C20H18FN5O4. The maximum atomic E-state index is 13.2. The molecule has 2 atom stereocenters. The first kappa shape index (κ1) is 19.5. The molecule has 10 heteroatoms. The Morgan fingerprint density at radius 1 is 1.13 bits per heavy atom. The Balaban J connectivity index is 1.48. The van der Waals surface area contributed by atoms with E-state index >= 15 is 0 Å². The van der Waals surface area contributed by atoms with E-state index in [0.29, 0.717) is 18.0 Å². The minimum absolute atomic E-state index is 0.242. The summed E-state index contributed by atoms with van der Waals surface area (Å²) in [7, 11) is 0. The van der Waals surface area contributed by atoms with E-state index in [4.69, 9.17) is 4.74 Å². The molecule has 3 amide bonds. The van der Waals surface area contributed by atoms with E-state index in [0.717, 1.165) is 17.0 Å². The van der Waals surface area contributed by atoms with Gasteiger partial charge in [0, 0.05) is 0 Å². The number of rotatable bonds is 6. The van der Waals surface area contributed by atoms with Crippen molar-refractivity contribution in [3.8, 4) is 5.75 Å². The summed E-state index contributed by atoms with van der Waals surface area (Å²) in [6, 6.07) is 9.90. The molecular weight excluding hydrogens is 393 g/mol. The van der Waals surface area contributed by atoms with Gasteiger partial charge in [-0.25, -0.2) is 9.29 Å². The Labute approximate surface area is 171 Å². The van der Waals surface area contributed by atoms with Crippen LogP contribution >= 0.6 is 0 Å². The lowest BCUT2D eigenvalue weighted by Crippen LogP contribution is -2.43. The number of fused-ring (bicyclic) bond motifs is 1. The van der Waals surface area contributed by atoms with Crippen molar-refractivity contribution in [3.63, 3.8) is 0 Å². The maximum absolute atomic E-state index is 13.2. The predicted molar refractivity (Wildman–Crippen MR) is 104 cm³/mol. The number of hydrogen-bond acceptors (Lipinski definition) is 7. The number of nitrogens with one attached hydrogen (secondary N) is 1. The van der Waals surface area contributed by atoms with E-state index in [1.807, 2.05) is 6.92 Å². The highest BCUT2D eigenvalue weighted by molar-refractivity contribution is 6.25. The van der Waals surface area contributed by atoms with Gasteiger partial charge in [0.2, 0.25) is 5.91 Å². The maximum Gasteiger partial charge on any atom is 0.263 e. The molecule has 0 unspecified atom stereocenters. The number of imide groups is 1. The Morgan fingerprint density at radius 3 is 2.60 bits per heavy atom. The highest BCUT2D eigenvalue weighted by Crippen LogP contribution is 2.32. The third kappa shape index (κ3) is 3.47. The van der Waals surface area contributed by atoms with Crippen LogP contribution in [0, 0.1) is 5.82 Å². The largest absolute Gasteiger partial charge is 0.492 e. The highest BCUT2D eigenvalue weighted by Gasteiger charge is 2.55. The van der Waals surface area contributed by atoms with Crippen molar-refractivity contribution in [1.29, 1.82) is 0 Å². The monoisotopic (exact) mass is 411 g/mol. The Hall–Kier alpha value is -3.82. The molecule has 4 rings (SSSR count). The number of hydrogen-bond donors (Lipinski definition) is 1. The van der Waals surface area contributed by atoms with E-state index in [-0.39, 0.29) is 12.2 Å². The zero-order valence-electron chi connectivity index (χ0n) is 16.0. The van der Waals surface area contributed by atoms with Crippen molar-refractivity contribution in [2.24, 2.45) is 10.3 Å². The van der Waals surface area contributed by atoms with Crippen molar-refractivity contribution in [3.05, 3.63) is 54.3 Å². The zero-order valence-corrected chi connectivity index (χ0v) is 16.0. The molecule has 1 saturated heterocycles. The second-order valence-electron chi connectivity index (χ2n) is 6.66. The van der Waals surface area contributed by atoms with Crippen LogP contribution in [-0.2, 0) is 14.4 Å². The number of para-hydroxylation sites is 2. The topological polar surface area (TPSA) is 104 Å². The van der Waals surface area contributed by atoms with Gasteiger partial charge in [0.05, 0.1) is 18.0 Å². The molecule has 2 aromatic rings.